The zero-order valence-electron chi connectivity index (χ0n) is 23.7. The van der Waals surface area contributed by atoms with Gasteiger partial charge in [-0.15, -0.1) is 24.8 Å². The van der Waals surface area contributed by atoms with E-state index in [1.165, 1.54) is 11.1 Å². The van der Waals surface area contributed by atoms with Gasteiger partial charge in [-0.3, -0.25) is 19.9 Å². The van der Waals surface area contributed by atoms with Gasteiger partial charge in [-0.2, -0.15) is 5.26 Å². The first kappa shape index (κ1) is 33.8. The smallest absolute Gasteiger partial charge is 0.250 e. The molecule has 3 aromatic carbocycles. The van der Waals surface area contributed by atoms with Crippen molar-refractivity contribution in [3.05, 3.63) is 89.5 Å². The molecule has 0 unspecified atom stereocenters. The zero-order valence-corrected chi connectivity index (χ0v) is 25.3. The fourth-order valence-corrected chi connectivity index (χ4v) is 4.70. The number of nitrogens with zero attached hydrogens (tertiary/aromatic N) is 4. The van der Waals surface area contributed by atoms with Gasteiger partial charge in [0.2, 0.25) is 5.91 Å². The zero-order chi connectivity index (χ0) is 27.8. The molecule has 2 amide bonds. The number of carbonyl (C=O) groups is 2. The number of hydrogen-bond donors (Lipinski definition) is 2. The lowest BCUT2D eigenvalue weighted by Crippen LogP contribution is -2.47. The predicted octanol–water partition coefficient (Wildman–Crippen LogP) is 4.38. The number of benzene rings is 3. The van der Waals surface area contributed by atoms with E-state index >= 15 is 0 Å². The summed E-state index contributed by atoms with van der Waals surface area (Å²) < 4.78 is 0. The topological polar surface area (TPSA) is 91.7 Å². The van der Waals surface area contributed by atoms with E-state index < -0.39 is 0 Å². The standard InChI is InChI=1S/C31H36N6O2.2ClH/c1-23(2)34-15-16-37(29-17-24(18-32)13-14-28(29)25-9-5-4-6-10-25)31(39)20-33-19-30(38)35(3)36-21-26-11-7-8-12-27(26)22-36;;/h4-14,17,23,33-34H,15-16,19-22H2,1-3H3;2*1H. The molecule has 0 fully saturated rings. The van der Waals surface area contributed by atoms with Gasteiger partial charge in [0.25, 0.3) is 5.91 Å². The molecule has 0 spiro atoms. The predicted molar refractivity (Wildman–Crippen MR) is 168 cm³/mol. The quantitative estimate of drug-likeness (QED) is 0.341. The lowest BCUT2D eigenvalue weighted by Gasteiger charge is -2.28. The Morgan fingerprint density at radius 1 is 0.927 bits per heavy atom. The van der Waals surface area contributed by atoms with Gasteiger partial charge < -0.3 is 10.2 Å². The maximum Gasteiger partial charge on any atom is 0.250 e. The van der Waals surface area contributed by atoms with Crippen LogP contribution < -0.4 is 15.5 Å². The molecule has 0 bridgehead atoms. The van der Waals surface area contributed by atoms with Gasteiger partial charge in [-0.1, -0.05) is 74.5 Å². The number of halogens is 2. The second-order valence-corrected chi connectivity index (χ2v) is 9.98. The highest BCUT2D eigenvalue weighted by molar-refractivity contribution is 5.99. The van der Waals surface area contributed by atoms with Gasteiger partial charge in [0.1, 0.15) is 0 Å². The molecule has 0 saturated carbocycles. The third-order valence-corrected chi connectivity index (χ3v) is 6.85. The van der Waals surface area contributed by atoms with E-state index in [0.29, 0.717) is 37.4 Å². The normalized spacial score (nSPS) is 12.1. The second-order valence-electron chi connectivity index (χ2n) is 9.98. The lowest BCUT2D eigenvalue weighted by molar-refractivity contribution is -0.145. The number of fused-ring (bicyclic) bond motifs is 1. The molecular formula is C31H38Cl2N6O2. The molecule has 1 aliphatic heterocycles. The van der Waals surface area contributed by atoms with Gasteiger partial charge in [-0.25, -0.2) is 5.01 Å². The first-order chi connectivity index (χ1) is 18.9. The molecule has 218 valence electrons. The number of amides is 2. The van der Waals surface area contributed by atoms with Gasteiger partial charge in [0.15, 0.2) is 0 Å². The molecule has 1 aliphatic rings. The summed E-state index contributed by atoms with van der Waals surface area (Å²) in [6.45, 7) is 6.53. The largest absolute Gasteiger partial charge is 0.313 e. The number of hydrogen-bond acceptors (Lipinski definition) is 6. The monoisotopic (exact) mass is 596 g/mol. The Kier molecular flexibility index (Phi) is 13.3. The molecule has 0 atom stereocenters. The van der Waals surface area contributed by atoms with E-state index in [-0.39, 0.29) is 55.8 Å². The summed E-state index contributed by atoms with van der Waals surface area (Å²) >= 11 is 0. The van der Waals surface area contributed by atoms with Gasteiger partial charge in [0.05, 0.1) is 30.4 Å². The van der Waals surface area contributed by atoms with E-state index in [1.807, 2.05) is 53.5 Å². The van der Waals surface area contributed by atoms with Crippen LogP contribution in [0.1, 0.15) is 30.5 Å². The highest BCUT2D eigenvalue weighted by Crippen LogP contribution is 2.32. The van der Waals surface area contributed by atoms with Gasteiger partial charge in [0, 0.05) is 44.8 Å². The van der Waals surface area contributed by atoms with Crippen molar-refractivity contribution in [2.45, 2.75) is 33.0 Å². The average molecular weight is 598 g/mol. The van der Waals surface area contributed by atoms with Crippen molar-refractivity contribution in [1.29, 1.82) is 5.26 Å². The third kappa shape index (κ3) is 8.77. The number of nitrogens with one attached hydrogen (secondary N) is 2. The maximum absolute atomic E-state index is 13.6. The molecule has 2 N–H and O–H groups in total. The average Bonchev–Trinajstić information content (AvgIpc) is 3.39. The number of rotatable bonds is 11. The van der Waals surface area contributed by atoms with E-state index in [4.69, 9.17) is 0 Å². The third-order valence-electron chi connectivity index (χ3n) is 6.85. The van der Waals surface area contributed by atoms with Crippen molar-refractivity contribution in [3.63, 3.8) is 0 Å². The Labute approximate surface area is 255 Å². The number of hydrazine groups is 1. The van der Waals surface area contributed by atoms with E-state index in [1.54, 1.807) is 29.1 Å². The number of likely N-dealkylation sites (N-methyl/N-ethyl adjacent to an activating group) is 1. The molecule has 3 aromatic rings. The lowest BCUT2D eigenvalue weighted by atomic mass is 10.0. The Bertz CT molecular complexity index is 1320. The molecule has 4 rings (SSSR count). The molecular weight excluding hydrogens is 559 g/mol. The summed E-state index contributed by atoms with van der Waals surface area (Å²) in [5, 5.41) is 19.6. The van der Waals surface area contributed by atoms with Crippen molar-refractivity contribution in [1.82, 2.24) is 20.7 Å². The van der Waals surface area contributed by atoms with Crippen molar-refractivity contribution >= 4 is 42.3 Å². The van der Waals surface area contributed by atoms with Crippen LogP contribution in [0.15, 0.2) is 72.8 Å². The molecule has 0 saturated heterocycles. The summed E-state index contributed by atoms with van der Waals surface area (Å²) in [6.07, 6.45) is 0. The van der Waals surface area contributed by atoms with Crippen LogP contribution in [0.4, 0.5) is 5.69 Å². The second kappa shape index (κ2) is 16.1. The molecule has 41 heavy (non-hydrogen) atoms. The van der Waals surface area contributed by atoms with Crippen LogP contribution in [0.5, 0.6) is 0 Å². The van der Waals surface area contributed by atoms with E-state index in [2.05, 4.69) is 42.7 Å². The van der Waals surface area contributed by atoms with Gasteiger partial charge in [-0.05, 0) is 28.8 Å². The summed E-state index contributed by atoms with van der Waals surface area (Å²) in [7, 11) is 1.77. The van der Waals surface area contributed by atoms with E-state index in [0.717, 1.165) is 11.1 Å². The molecule has 1 heterocycles. The Hall–Kier alpha value is -3.45. The minimum Gasteiger partial charge on any atom is -0.313 e. The summed E-state index contributed by atoms with van der Waals surface area (Å²) in [5.41, 5.74) is 5.44. The van der Waals surface area contributed by atoms with Crippen LogP contribution in [0, 0.1) is 11.3 Å². The fourth-order valence-electron chi connectivity index (χ4n) is 4.70. The first-order valence-electron chi connectivity index (χ1n) is 13.3. The Balaban J connectivity index is 0.00000294. The van der Waals surface area contributed by atoms with Crippen LogP contribution in [-0.4, -0.2) is 61.1 Å². The van der Waals surface area contributed by atoms with Crippen LogP contribution in [0.3, 0.4) is 0 Å². The molecule has 0 radical (unpaired) electrons. The van der Waals surface area contributed by atoms with Crippen molar-refractivity contribution in [3.8, 4) is 17.2 Å². The molecule has 0 aliphatic carbocycles. The number of carbonyl (C=O) groups excluding carboxylic acids is 2. The van der Waals surface area contributed by atoms with Crippen molar-refractivity contribution in [2.24, 2.45) is 0 Å². The van der Waals surface area contributed by atoms with Crippen LogP contribution in [0.25, 0.3) is 11.1 Å². The highest BCUT2D eigenvalue weighted by Gasteiger charge is 2.25. The number of nitriles is 1. The summed E-state index contributed by atoms with van der Waals surface area (Å²) in [4.78, 5) is 28.2. The van der Waals surface area contributed by atoms with Crippen LogP contribution >= 0.6 is 24.8 Å². The van der Waals surface area contributed by atoms with E-state index in [9.17, 15) is 14.9 Å². The fraction of sp³-hybridized carbons (Fsp3) is 0.323. The Morgan fingerprint density at radius 3 is 2.15 bits per heavy atom. The number of anilines is 1. The van der Waals surface area contributed by atoms with Gasteiger partial charge >= 0.3 is 0 Å². The maximum atomic E-state index is 13.6. The summed E-state index contributed by atoms with van der Waals surface area (Å²) in [6, 6.07) is 25.9. The van der Waals surface area contributed by atoms with Crippen molar-refractivity contribution < 1.29 is 9.59 Å². The first-order valence-corrected chi connectivity index (χ1v) is 13.3. The minimum atomic E-state index is -0.170. The van der Waals surface area contributed by atoms with Crippen molar-refractivity contribution in [2.75, 3.05) is 38.1 Å². The molecule has 8 nitrogen and oxygen atoms in total. The van der Waals surface area contributed by atoms with Crippen LogP contribution in [-0.2, 0) is 22.7 Å². The summed E-state index contributed by atoms with van der Waals surface area (Å²) in [5.74, 6) is -0.281. The highest BCUT2D eigenvalue weighted by atomic mass is 35.5. The SMILES string of the molecule is CC(C)NCCN(C(=O)CNCC(=O)N(C)N1Cc2ccccc2C1)c1cc(C#N)ccc1-c1ccccc1.Cl.Cl. The molecule has 0 aromatic heterocycles. The minimum absolute atomic E-state index is 0. The molecule has 10 heteroatoms. The van der Waals surface area contributed by atoms with Crippen LogP contribution in [0.2, 0.25) is 0 Å². The Morgan fingerprint density at radius 2 is 1.54 bits per heavy atom.